The van der Waals surface area contributed by atoms with Crippen molar-refractivity contribution in [3.05, 3.63) is 27.8 Å². The van der Waals surface area contributed by atoms with Gasteiger partial charge in [-0.2, -0.15) is 0 Å². The van der Waals surface area contributed by atoms with Crippen molar-refractivity contribution in [2.75, 3.05) is 17.2 Å². The smallest absolute Gasteiger partial charge is 0.292 e. The number of fused-ring (bicyclic) bond motifs is 1. The minimum absolute atomic E-state index is 0.0895. The third kappa shape index (κ3) is 2.57. The Bertz CT molecular complexity index is 567. The Morgan fingerprint density at radius 2 is 2.25 bits per heavy atom. The Hall–Kier alpha value is -2.15. The highest BCUT2D eigenvalue weighted by Crippen LogP contribution is 2.36. The fourth-order valence-corrected chi connectivity index (χ4v) is 2.08. The second-order valence-corrected chi connectivity index (χ2v) is 5.21. The molecule has 0 spiro atoms. The second kappa shape index (κ2) is 5.09. The molecule has 1 aliphatic heterocycles. The van der Waals surface area contributed by atoms with Crippen LogP contribution >= 0.6 is 0 Å². The summed E-state index contributed by atoms with van der Waals surface area (Å²) >= 11 is 0. The molecule has 3 N–H and O–H groups in total. The van der Waals surface area contributed by atoms with E-state index in [2.05, 4.69) is 10.6 Å². The average molecular weight is 279 g/mol. The van der Waals surface area contributed by atoms with Gasteiger partial charge >= 0.3 is 0 Å². The molecule has 2 rings (SSSR count). The Morgan fingerprint density at radius 3 is 2.80 bits per heavy atom. The molecule has 0 radical (unpaired) electrons. The number of nitrogens with one attached hydrogen (secondary N) is 2. The van der Waals surface area contributed by atoms with Crippen molar-refractivity contribution in [2.24, 2.45) is 0 Å². The van der Waals surface area contributed by atoms with E-state index >= 15 is 0 Å². The number of rotatable bonds is 5. The minimum atomic E-state index is -0.651. The summed E-state index contributed by atoms with van der Waals surface area (Å²) in [6.45, 7) is 3.51. The molecular formula is C13H17N3O4. The number of nitro groups is 1. The number of nitro benzene ring substituents is 1. The van der Waals surface area contributed by atoms with Crippen LogP contribution in [0.3, 0.4) is 0 Å². The zero-order chi connectivity index (χ0) is 14.9. The van der Waals surface area contributed by atoms with Gasteiger partial charge in [-0.05, 0) is 25.0 Å². The number of hydrogen-bond donors (Lipinski definition) is 3. The fraction of sp³-hybridized carbons (Fsp3) is 0.462. The fourth-order valence-electron chi connectivity index (χ4n) is 2.08. The van der Waals surface area contributed by atoms with E-state index in [0.717, 1.165) is 0 Å². The molecule has 20 heavy (non-hydrogen) atoms. The molecule has 0 saturated carbocycles. The molecule has 0 fully saturated rings. The van der Waals surface area contributed by atoms with Crippen molar-refractivity contribution in [1.82, 2.24) is 0 Å². The van der Waals surface area contributed by atoms with E-state index in [-0.39, 0.29) is 24.6 Å². The lowest BCUT2D eigenvalue weighted by atomic mass is 9.99. The highest BCUT2D eigenvalue weighted by atomic mass is 16.6. The number of nitrogens with zero attached hydrogens (tertiary/aromatic N) is 1. The maximum atomic E-state index is 11.3. The number of aliphatic hydroxyl groups is 1. The first-order chi connectivity index (χ1) is 9.38. The molecule has 1 amide bonds. The molecule has 1 unspecified atom stereocenters. The van der Waals surface area contributed by atoms with Gasteiger partial charge in [0.2, 0.25) is 5.91 Å². The summed E-state index contributed by atoms with van der Waals surface area (Å²) in [5.41, 5.74) is 0.762. The summed E-state index contributed by atoms with van der Waals surface area (Å²) in [7, 11) is 0. The predicted molar refractivity (Wildman–Crippen MR) is 74.8 cm³/mol. The van der Waals surface area contributed by atoms with Crippen molar-refractivity contribution in [2.45, 2.75) is 32.2 Å². The molecule has 0 aromatic heterocycles. The summed E-state index contributed by atoms with van der Waals surface area (Å²) in [5, 5.41) is 26.2. The van der Waals surface area contributed by atoms with E-state index in [1.807, 2.05) is 6.92 Å². The van der Waals surface area contributed by atoms with E-state index in [4.69, 9.17) is 0 Å². The number of hydrogen-bond acceptors (Lipinski definition) is 5. The van der Waals surface area contributed by atoms with Crippen LogP contribution < -0.4 is 10.6 Å². The number of benzene rings is 1. The minimum Gasteiger partial charge on any atom is -0.394 e. The van der Waals surface area contributed by atoms with Crippen molar-refractivity contribution in [1.29, 1.82) is 0 Å². The first-order valence-corrected chi connectivity index (χ1v) is 6.39. The number of amides is 1. The highest BCUT2D eigenvalue weighted by molar-refractivity contribution is 6.00. The monoisotopic (exact) mass is 279 g/mol. The number of carbonyl (C=O) groups is 1. The van der Waals surface area contributed by atoms with Crippen LogP contribution in [0.4, 0.5) is 17.1 Å². The van der Waals surface area contributed by atoms with Gasteiger partial charge in [-0.3, -0.25) is 14.9 Å². The Kier molecular flexibility index (Phi) is 3.63. The average Bonchev–Trinajstić information content (AvgIpc) is 2.76. The van der Waals surface area contributed by atoms with Crippen LogP contribution in [0.5, 0.6) is 0 Å². The molecule has 7 nitrogen and oxygen atoms in total. The SMILES string of the molecule is CCC(C)(CO)Nc1cc2c(cc1[N+](=O)[O-])CC(=O)N2. The lowest BCUT2D eigenvalue weighted by molar-refractivity contribution is -0.384. The maximum absolute atomic E-state index is 11.3. The van der Waals surface area contributed by atoms with Crippen molar-refractivity contribution >= 4 is 23.0 Å². The van der Waals surface area contributed by atoms with Gasteiger partial charge in [0.05, 0.1) is 23.5 Å². The summed E-state index contributed by atoms with van der Waals surface area (Å²) < 4.78 is 0. The predicted octanol–water partition coefficient (Wildman–Crippen LogP) is 1.66. The van der Waals surface area contributed by atoms with Gasteiger partial charge < -0.3 is 15.7 Å². The summed E-state index contributed by atoms with van der Waals surface area (Å²) in [6.07, 6.45) is 0.756. The summed E-state index contributed by atoms with van der Waals surface area (Å²) in [5.74, 6) is -0.174. The van der Waals surface area contributed by atoms with Crippen LogP contribution in [-0.4, -0.2) is 28.1 Å². The third-order valence-corrected chi connectivity index (χ3v) is 3.61. The molecule has 108 valence electrons. The van der Waals surface area contributed by atoms with Crippen molar-refractivity contribution in [3.8, 4) is 0 Å². The van der Waals surface area contributed by atoms with E-state index in [1.165, 1.54) is 6.07 Å². The number of anilines is 2. The van der Waals surface area contributed by atoms with Crippen LogP contribution in [0.15, 0.2) is 12.1 Å². The highest BCUT2D eigenvalue weighted by Gasteiger charge is 2.28. The van der Waals surface area contributed by atoms with Gasteiger partial charge in [-0.15, -0.1) is 0 Å². The lowest BCUT2D eigenvalue weighted by Gasteiger charge is -2.28. The lowest BCUT2D eigenvalue weighted by Crippen LogP contribution is -2.38. The van der Waals surface area contributed by atoms with Gasteiger partial charge in [-0.25, -0.2) is 0 Å². The summed E-state index contributed by atoms with van der Waals surface area (Å²) in [4.78, 5) is 22.0. The maximum Gasteiger partial charge on any atom is 0.292 e. The topological polar surface area (TPSA) is 104 Å². The van der Waals surface area contributed by atoms with E-state index in [1.54, 1.807) is 13.0 Å². The quantitative estimate of drug-likeness (QED) is 0.561. The van der Waals surface area contributed by atoms with Crippen LogP contribution in [0.1, 0.15) is 25.8 Å². The van der Waals surface area contributed by atoms with Crippen molar-refractivity contribution in [3.63, 3.8) is 0 Å². The molecule has 0 saturated heterocycles. The van der Waals surface area contributed by atoms with E-state index in [9.17, 15) is 20.0 Å². The Morgan fingerprint density at radius 1 is 1.55 bits per heavy atom. The zero-order valence-electron chi connectivity index (χ0n) is 11.4. The van der Waals surface area contributed by atoms with Crippen LogP contribution in [0.2, 0.25) is 0 Å². The standard InChI is InChI=1S/C13H17N3O4/c1-3-13(2,7-17)15-10-6-9-8(5-12(18)14-9)4-11(10)16(19)20/h4,6,15,17H,3,5,7H2,1-2H3,(H,14,18). The van der Waals surface area contributed by atoms with Crippen LogP contribution in [-0.2, 0) is 11.2 Å². The van der Waals surface area contributed by atoms with Crippen LogP contribution in [0.25, 0.3) is 0 Å². The summed E-state index contributed by atoms with van der Waals surface area (Å²) in [6, 6.07) is 2.96. The van der Waals surface area contributed by atoms with Gasteiger partial charge in [0.15, 0.2) is 0 Å². The zero-order valence-corrected chi connectivity index (χ0v) is 11.4. The molecule has 0 aliphatic carbocycles. The molecular weight excluding hydrogens is 262 g/mol. The van der Waals surface area contributed by atoms with Crippen molar-refractivity contribution < 1.29 is 14.8 Å². The molecule has 1 aromatic carbocycles. The molecule has 0 bridgehead atoms. The largest absolute Gasteiger partial charge is 0.394 e. The molecule has 1 atom stereocenters. The van der Waals surface area contributed by atoms with Gasteiger partial charge in [0.25, 0.3) is 5.69 Å². The van der Waals surface area contributed by atoms with Gasteiger partial charge in [0, 0.05) is 11.8 Å². The molecule has 1 heterocycles. The van der Waals surface area contributed by atoms with Gasteiger partial charge in [-0.1, -0.05) is 6.92 Å². The Labute approximate surface area is 116 Å². The van der Waals surface area contributed by atoms with E-state index < -0.39 is 10.5 Å². The van der Waals surface area contributed by atoms with Gasteiger partial charge in [0.1, 0.15) is 5.69 Å². The number of aliphatic hydroxyl groups excluding tert-OH is 1. The Balaban J connectivity index is 2.44. The van der Waals surface area contributed by atoms with E-state index in [0.29, 0.717) is 23.4 Å². The molecule has 1 aliphatic rings. The first-order valence-electron chi connectivity index (χ1n) is 6.39. The first kappa shape index (κ1) is 14.3. The molecule has 1 aromatic rings. The molecule has 7 heteroatoms. The van der Waals surface area contributed by atoms with Crippen LogP contribution in [0, 0.1) is 10.1 Å². The third-order valence-electron chi connectivity index (χ3n) is 3.61. The number of carbonyl (C=O) groups excluding carboxylic acids is 1. The second-order valence-electron chi connectivity index (χ2n) is 5.21. The normalized spacial score (nSPS) is 16.2.